The Morgan fingerprint density at radius 3 is 2.83 bits per heavy atom. The van der Waals surface area contributed by atoms with Crippen LogP contribution in [0.15, 0.2) is 30.5 Å². The van der Waals surface area contributed by atoms with Crippen molar-refractivity contribution in [2.24, 2.45) is 5.73 Å². The molecule has 1 atom stereocenters. The minimum Gasteiger partial charge on any atom is -0.337 e. The standard InChI is InChI=1S/C16H19ClN4O.ClH/c1-11-13(16(22)20-8-4-5-12(18)10-20)9-19-21(11)15-7-3-2-6-14(15)17;/h2-3,6-7,9,12H,4-5,8,10,18H2,1H3;1H. The lowest BCUT2D eigenvalue weighted by atomic mass is 10.1. The van der Waals surface area contributed by atoms with Gasteiger partial charge in [-0.15, -0.1) is 12.4 Å². The molecule has 2 N–H and O–H groups in total. The molecule has 124 valence electrons. The number of rotatable bonds is 2. The first-order valence-corrected chi connectivity index (χ1v) is 7.80. The van der Waals surface area contributed by atoms with Crippen molar-refractivity contribution in [1.29, 1.82) is 0 Å². The molecule has 1 unspecified atom stereocenters. The minimum absolute atomic E-state index is 0. The Balaban J connectivity index is 0.00000192. The molecule has 23 heavy (non-hydrogen) atoms. The smallest absolute Gasteiger partial charge is 0.257 e. The largest absolute Gasteiger partial charge is 0.337 e. The van der Waals surface area contributed by atoms with Gasteiger partial charge in [0.15, 0.2) is 0 Å². The number of hydrogen-bond acceptors (Lipinski definition) is 3. The van der Waals surface area contributed by atoms with Crippen molar-refractivity contribution in [2.45, 2.75) is 25.8 Å². The fraction of sp³-hybridized carbons (Fsp3) is 0.375. The molecule has 5 nitrogen and oxygen atoms in total. The zero-order valence-corrected chi connectivity index (χ0v) is 14.5. The summed E-state index contributed by atoms with van der Waals surface area (Å²) >= 11 is 6.21. The van der Waals surface area contributed by atoms with Gasteiger partial charge < -0.3 is 10.6 Å². The van der Waals surface area contributed by atoms with Gasteiger partial charge in [0, 0.05) is 19.1 Å². The number of amides is 1. The molecule has 1 aromatic heterocycles. The SMILES string of the molecule is Cc1c(C(=O)N2CCCC(N)C2)cnn1-c1ccccc1Cl.Cl. The van der Waals surface area contributed by atoms with Crippen LogP contribution in [0.5, 0.6) is 0 Å². The van der Waals surface area contributed by atoms with Gasteiger partial charge >= 0.3 is 0 Å². The Kier molecular flexibility index (Phi) is 5.68. The van der Waals surface area contributed by atoms with E-state index in [1.54, 1.807) is 10.9 Å². The molecule has 1 amide bonds. The minimum atomic E-state index is -0.00838. The molecule has 7 heteroatoms. The summed E-state index contributed by atoms with van der Waals surface area (Å²) in [7, 11) is 0. The van der Waals surface area contributed by atoms with Crippen LogP contribution < -0.4 is 5.73 Å². The molecule has 1 aliphatic heterocycles. The summed E-state index contributed by atoms with van der Waals surface area (Å²) in [6, 6.07) is 7.52. The monoisotopic (exact) mass is 354 g/mol. The molecule has 0 saturated carbocycles. The van der Waals surface area contributed by atoms with Crippen LogP contribution in [0.25, 0.3) is 5.69 Å². The van der Waals surface area contributed by atoms with Gasteiger partial charge in [-0.25, -0.2) is 4.68 Å². The lowest BCUT2D eigenvalue weighted by molar-refractivity contribution is 0.0708. The molecule has 3 rings (SSSR count). The maximum Gasteiger partial charge on any atom is 0.257 e. The van der Waals surface area contributed by atoms with Crippen LogP contribution in [0.4, 0.5) is 0 Å². The lowest BCUT2D eigenvalue weighted by Crippen LogP contribution is -2.45. The average molecular weight is 355 g/mol. The fourth-order valence-corrected chi connectivity index (χ4v) is 3.07. The number of carbonyl (C=O) groups is 1. The zero-order chi connectivity index (χ0) is 15.7. The third kappa shape index (κ3) is 3.52. The molecule has 0 radical (unpaired) electrons. The first-order valence-electron chi connectivity index (χ1n) is 7.42. The van der Waals surface area contributed by atoms with Gasteiger partial charge in [0.1, 0.15) is 0 Å². The Labute approximate surface area is 146 Å². The van der Waals surface area contributed by atoms with Crippen LogP contribution >= 0.6 is 24.0 Å². The predicted molar refractivity (Wildman–Crippen MR) is 93.7 cm³/mol. The second kappa shape index (κ2) is 7.34. The van der Waals surface area contributed by atoms with E-state index in [2.05, 4.69) is 5.10 Å². The van der Waals surface area contributed by atoms with E-state index in [4.69, 9.17) is 17.3 Å². The summed E-state index contributed by atoms with van der Waals surface area (Å²) in [6.45, 7) is 3.24. The molecule has 0 aliphatic carbocycles. The van der Waals surface area contributed by atoms with E-state index in [1.165, 1.54) is 0 Å². The Morgan fingerprint density at radius 2 is 2.13 bits per heavy atom. The summed E-state index contributed by atoms with van der Waals surface area (Å²) in [5.74, 6) is -0.00838. The molecular weight excluding hydrogens is 335 g/mol. The van der Waals surface area contributed by atoms with E-state index in [9.17, 15) is 4.79 Å². The van der Waals surface area contributed by atoms with Gasteiger partial charge in [-0.2, -0.15) is 5.10 Å². The predicted octanol–water partition coefficient (Wildman–Crippen LogP) is 2.82. The highest BCUT2D eigenvalue weighted by Gasteiger charge is 2.25. The number of nitrogens with two attached hydrogens (primary N) is 1. The summed E-state index contributed by atoms with van der Waals surface area (Å²) in [5, 5.41) is 4.94. The number of hydrogen-bond donors (Lipinski definition) is 1. The van der Waals surface area contributed by atoms with Crippen LogP contribution in [0, 0.1) is 6.92 Å². The van der Waals surface area contributed by atoms with Crippen LogP contribution in [0.2, 0.25) is 5.02 Å². The van der Waals surface area contributed by atoms with Crippen molar-refractivity contribution in [3.8, 4) is 5.69 Å². The summed E-state index contributed by atoms with van der Waals surface area (Å²) in [6.07, 6.45) is 3.54. The van der Waals surface area contributed by atoms with Crippen LogP contribution in [-0.2, 0) is 0 Å². The molecular formula is C16H20Cl2N4O. The van der Waals surface area contributed by atoms with Crippen molar-refractivity contribution in [3.05, 3.63) is 46.7 Å². The van der Waals surface area contributed by atoms with E-state index in [-0.39, 0.29) is 24.4 Å². The number of likely N-dealkylation sites (tertiary alicyclic amines) is 1. The second-order valence-corrected chi connectivity index (χ2v) is 6.07. The third-order valence-electron chi connectivity index (χ3n) is 4.07. The highest BCUT2D eigenvalue weighted by molar-refractivity contribution is 6.32. The Morgan fingerprint density at radius 1 is 1.39 bits per heavy atom. The molecule has 0 spiro atoms. The van der Waals surface area contributed by atoms with Gasteiger partial charge in [-0.05, 0) is 31.9 Å². The molecule has 2 aromatic rings. The van der Waals surface area contributed by atoms with E-state index < -0.39 is 0 Å². The maximum atomic E-state index is 12.7. The maximum absolute atomic E-state index is 12.7. The van der Waals surface area contributed by atoms with Crippen molar-refractivity contribution in [1.82, 2.24) is 14.7 Å². The van der Waals surface area contributed by atoms with Gasteiger partial charge in [0.05, 0.1) is 28.2 Å². The van der Waals surface area contributed by atoms with Crippen molar-refractivity contribution in [3.63, 3.8) is 0 Å². The summed E-state index contributed by atoms with van der Waals surface area (Å²) in [5.41, 5.74) is 8.13. The van der Waals surface area contributed by atoms with Gasteiger partial charge in [-0.3, -0.25) is 4.79 Å². The second-order valence-electron chi connectivity index (χ2n) is 5.66. The van der Waals surface area contributed by atoms with E-state index in [1.807, 2.05) is 36.1 Å². The summed E-state index contributed by atoms with van der Waals surface area (Å²) < 4.78 is 1.71. The highest BCUT2D eigenvalue weighted by Crippen LogP contribution is 2.23. The van der Waals surface area contributed by atoms with Crippen molar-refractivity contribution < 1.29 is 4.79 Å². The van der Waals surface area contributed by atoms with Crippen LogP contribution in [0.3, 0.4) is 0 Å². The molecule has 1 saturated heterocycles. The number of aromatic nitrogens is 2. The van der Waals surface area contributed by atoms with Gasteiger partial charge in [-0.1, -0.05) is 23.7 Å². The Hall–Kier alpha value is -1.56. The average Bonchev–Trinajstić information content (AvgIpc) is 2.88. The topological polar surface area (TPSA) is 64.2 Å². The first kappa shape index (κ1) is 17.8. The molecule has 1 fully saturated rings. The number of piperidine rings is 1. The highest BCUT2D eigenvalue weighted by atomic mass is 35.5. The summed E-state index contributed by atoms with van der Waals surface area (Å²) in [4.78, 5) is 14.5. The van der Waals surface area contributed by atoms with E-state index in [0.717, 1.165) is 30.8 Å². The van der Waals surface area contributed by atoms with Crippen molar-refractivity contribution >= 4 is 29.9 Å². The molecule has 1 aromatic carbocycles. The molecule has 0 bridgehead atoms. The first-order chi connectivity index (χ1) is 10.6. The zero-order valence-electron chi connectivity index (χ0n) is 12.9. The normalized spacial score (nSPS) is 17.7. The number of para-hydroxylation sites is 1. The van der Waals surface area contributed by atoms with E-state index >= 15 is 0 Å². The molecule has 1 aliphatic rings. The third-order valence-corrected chi connectivity index (χ3v) is 4.39. The van der Waals surface area contributed by atoms with Crippen LogP contribution in [-0.4, -0.2) is 39.7 Å². The number of benzene rings is 1. The Bertz CT molecular complexity index is 701. The molecule has 2 heterocycles. The van der Waals surface area contributed by atoms with Gasteiger partial charge in [0.25, 0.3) is 5.91 Å². The fourth-order valence-electron chi connectivity index (χ4n) is 2.85. The number of nitrogens with zero attached hydrogens (tertiary/aromatic N) is 3. The quantitative estimate of drug-likeness (QED) is 0.901. The number of halogens is 2. The van der Waals surface area contributed by atoms with Crippen LogP contribution in [0.1, 0.15) is 28.9 Å². The van der Waals surface area contributed by atoms with Gasteiger partial charge in [0.2, 0.25) is 0 Å². The van der Waals surface area contributed by atoms with Crippen molar-refractivity contribution in [2.75, 3.05) is 13.1 Å². The lowest BCUT2D eigenvalue weighted by Gasteiger charge is -2.30. The van der Waals surface area contributed by atoms with E-state index in [0.29, 0.717) is 17.1 Å². The number of carbonyl (C=O) groups excluding carboxylic acids is 1.